The van der Waals surface area contributed by atoms with Gasteiger partial charge in [0.1, 0.15) is 5.82 Å². The molecule has 0 saturated carbocycles. The molecule has 0 N–H and O–H groups in total. The predicted molar refractivity (Wildman–Crippen MR) is 107 cm³/mol. The van der Waals surface area contributed by atoms with Gasteiger partial charge in [-0.25, -0.2) is 9.97 Å². The summed E-state index contributed by atoms with van der Waals surface area (Å²) >= 11 is 0. The van der Waals surface area contributed by atoms with Gasteiger partial charge in [-0.3, -0.25) is 14.3 Å². The van der Waals surface area contributed by atoms with Crippen molar-refractivity contribution in [2.75, 3.05) is 13.1 Å². The Labute approximate surface area is 165 Å². The third-order valence-electron chi connectivity index (χ3n) is 5.31. The monoisotopic (exact) mass is 375 g/mol. The molecule has 0 spiro atoms. The average molecular weight is 375 g/mol. The fourth-order valence-electron chi connectivity index (χ4n) is 3.81. The fraction of sp³-hybridized carbons (Fsp3) is 0.364. The summed E-state index contributed by atoms with van der Waals surface area (Å²) in [6.45, 7) is 3.60. The van der Waals surface area contributed by atoms with Gasteiger partial charge in [0.15, 0.2) is 5.82 Å². The molecule has 0 radical (unpaired) electrons. The highest BCUT2D eigenvalue weighted by atomic mass is 16.2. The van der Waals surface area contributed by atoms with Crippen molar-refractivity contribution < 1.29 is 4.79 Å². The maximum Gasteiger partial charge on any atom is 0.227 e. The van der Waals surface area contributed by atoms with Crippen LogP contribution in [0.15, 0.2) is 55.1 Å². The number of amides is 1. The van der Waals surface area contributed by atoms with Gasteiger partial charge in [0.05, 0.1) is 18.3 Å². The van der Waals surface area contributed by atoms with Crippen LogP contribution in [0.2, 0.25) is 0 Å². The van der Waals surface area contributed by atoms with E-state index in [4.69, 9.17) is 4.98 Å². The number of aryl methyl sites for hydroxylation is 1. The van der Waals surface area contributed by atoms with Gasteiger partial charge >= 0.3 is 0 Å². The summed E-state index contributed by atoms with van der Waals surface area (Å²) in [5, 5.41) is 0. The molecule has 1 amide bonds. The molecule has 1 fully saturated rings. The Morgan fingerprint density at radius 3 is 2.89 bits per heavy atom. The van der Waals surface area contributed by atoms with Crippen molar-refractivity contribution >= 4 is 5.91 Å². The quantitative estimate of drug-likeness (QED) is 0.687. The van der Waals surface area contributed by atoms with Gasteiger partial charge in [-0.2, -0.15) is 0 Å². The lowest BCUT2D eigenvalue weighted by atomic mass is 9.94. The van der Waals surface area contributed by atoms with Crippen molar-refractivity contribution in [3.63, 3.8) is 0 Å². The van der Waals surface area contributed by atoms with E-state index in [1.54, 1.807) is 12.4 Å². The Kier molecular flexibility index (Phi) is 5.46. The summed E-state index contributed by atoms with van der Waals surface area (Å²) in [5.74, 6) is 2.16. The van der Waals surface area contributed by atoms with Crippen LogP contribution in [0, 0.1) is 0 Å². The van der Waals surface area contributed by atoms with Gasteiger partial charge in [0.25, 0.3) is 0 Å². The number of piperidine rings is 1. The number of rotatable bonds is 5. The molecule has 144 valence electrons. The van der Waals surface area contributed by atoms with E-state index in [1.807, 2.05) is 52.2 Å². The lowest BCUT2D eigenvalue weighted by Gasteiger charge is -2.32. The molecular weight excluding hydrogens is 350 g/mol. The molecule has 0 bridgehead atoms. The average Bonchev–Trinajstić information content (AvgIpc) is 3.24. The second-order valence-corrected chi connectivity index (χ2v) is 7.21. The van der Waals surface area contributed by atoms with Crippen molar-refractivity contribution in [2.45, 2.75) is 38.5 Å². The smallest absolute Gasteiger partial charge is 0.227 e. The summed E-state index contributed by atoms with van der Waals surface area (Å²) in [6.07, 6.45) is 10.6. The molecule has 3 heterocycles. The zero-order valence-electron chi connectivity index (χ0n) is 16.2. The van der Waals surface area contributed by atoms with Crippen LogP contribution in [0.3, 0.4) is 0 Å². The van der Waals surface area contributed by atoms with E-state index in [0.29, 0.717) is 13.0 Å². The van der Waals surface area contributed by atoms with Gasteiger partial charge in [0, 0.05) is 44.0 Å². The number of hydrogen-bond acceptors (Lipinski definition) is 4. The molecule has 4 rings (SSSR count). The maximum atomic E-state index is 12.8. The number of carbonyl (C=O) groups excluding carboxylic acids is 1. The second kappa shape index (κ2) is 8.33. The van der Waals surface area contributed by atoms with E-state index in [9.17, 15) is 4.79 Å². The van der Waals surface area contributed by atoms with Crippen LogP contribution in [0.4, 0.5) is 0 Å². The van der Waals surface area contributed by atoms with Gasteiger partial charge in [-0.15, -0.1) is 0 Å². The number of aromatic nitrogens is 4. The van der Waals surface area contributed by atoms with Crippen molar-refractivity contribution in [1.82, 2.24) is 24.4 Å². The molecule has 3 aromatic rings. The maximum absolute atomic E-state index is 12.8. The van der Waals surface area contributed by atoms with E-state index in [0.717, 1.165) is 48.7 Å². The summed E-state index contributed by atoms with van der Waals surface area (Å²) in [4.78, 5) is 28.4. The number of likely N-dealkylation sites (tertiary alicyclic amines) is 1. The summed E-state index contributed by atoms with van der Waals surface area (Å²) < 4.78 is 1.98. The van der Waals surface area contributed by atoms with E-state index < -0.39 is 0 Å². The summed E-state index contributed by atoms with van der Waals surface area (Å²) in [7, 11) is 0. The molecule has 6 heteroatoms. The number of carbonyl (C=O) groups is 1. The van der Waals surface area contributed by atoms with Gasteiger partial charge < -0.3 is 4.90 Å². The Balaban J connectivity index is 1.49. The largest absolute Gasteiger partial charge is 0.342 e. The zero-order chi connectivity index (χ0) is 19.3. The molecule has 2 aromatic heterocycles. The molecule has 1 aromatic carbocycles. The number of imidazole rings is 1. The topological polar surface area (TPSA) is 63.9 Å². The highest BCUT2D eigenvalue weighted by Crippen LogP contribution is 2.26. The van der Waals surface area contributed by atoms with E-state index in [-0.39, 0.29) is 11.8 Å². The Hall–Kier alpha value is -3.02. The van der Waals surface area contributed by atoms with E-state index in [2.05, 4.69) is 16.9 Å². The molecule has 1 atom stereocenters. The summed E-state index contributed by atoms with van der Waals surface area (Å²) in [6, 6.07) is 9.93. The van der Waals surface area contributed by atoms with Crippen molar-refractivity contribution in [1.29, 1.82) is 0 Å². The minimum Gasteiger partial charge on any atom is -0.342 e. The first-order chi connectivity index (χ1) is 13.7. The van der Waals surface area contributed by atoms with Crippen LogP contribution in [0.5, 0.6) is 0 Å². The fourth-order valence-corrected chi connectivity index (χ4v) is 3.81. The van der Waals surface area contributed by atoms with Crippen LogP contribution in [0.1, 0.15) is 42.8 Å². The number of nitrogens with zero attached hydrogens (tertiary/aromatic N) is 5. The highest BCUT2D eigenvalue weighted by Gasteiger charge is 2.26. The lowest BCUT2D eigenvalue weighted by Crippen LogP contribution is -2.40. The van der Waals surface area contributed by atoms with E-state index >= 15 is 0 Å². The third kappa shape index (κ3) is 3.96. The third-order valence-corrected chi connectivity index (χ3v) is 5.31. The minimum atomic E-state index is 0.183. The highest BCUT2D eigenvalue weighted by molar-refractivity contribution is 5.79. The molecule has 1 saturated heterocycles. The van der Waals surface area contributed by atoms with Crippen LogP contribution in [-0.4, -0.2) is 43.4 Å². The zero-order valence-corrected chi connectivity index (χ0v) is 16.2. The molecule has 1 unspecified atom stereocenters. The number of hydrogen-bond donors (Lipinski definition) is 0. The van der Waals surface area contributed by atoms with Gasteiger partial charge in [-0.05, 0) is 18.4 Å². The second-order valence-electron chi connectivity index (χ2n) is 7.21. The normalized spacial score (nSPS) is 16.9. The van der Waals surface area contributed by atoms with Crippen LogP contribution >= 0.6 is 0 Å². The first kappa shape index (κ1) is 18.3. The van der Waals surface area contributed by atoms with Gasteiger partial charge in [-0.1, -0.05) is 37.3 Å². The van der Waals surface area contributed by atoms with Crippen LogP contribution in [-0.2, 0) is 17.6 Å². The standard InChI is InChI=1S/C22H25N5O/c1-2-20-24-10-12-27(20)21-15-23-14-19(25-21)18-9-6-11-26(16-18)22(28)13-17-7-4-3-5-8-17/h3-5,7-8,10,12,14-15,18H,2,6,9,11,13,16H2,1H3. The molecule has 1 aliphatic heterocycles. The van der Waals surface area contributed by atoms with Crippen LogP contribution in [0.25, 0.3) is 5.82 Å². The van der Waals surface area contributed by atoms with E-state index in [1.165, 1.54) is 0 Å². The Morgan fingerprint density at radius 2 is 2.07 bits per heavy atom. The first-order valence-corrected chi connectivity index (χ1v) is 9.91. The Morgan fingerprint density at radius 1 is 1.21 bits per heavy atom. The molecule has 6 nitrogen and oxygen atoms in total. The number of benzene rings is 1. The molecule has 0 aliphatic carbocycles. The van der Waals surface area contributed by atoms with Crippen LogP contribution < -0.4 is 0 Å². The molecular formula is C22H25N5O. The first-order valence-electron chi connectivity index (χ1n) is 9.91. The predicted octanol–water partition coefficient (Wildman–Crippen LogP) is 3.17. The summed E-state index contributed by atoms with van der Waals surface area (Å²) in [5.41, 5.74) is 2.01. The SMILES string of the molecule is CCc1nccn1-c1cncc(C2CCCN(C(=O)Cc3ccccc3)C2)n1. The van der Waals surface area contributed by atoms with Gasteiger partial charge in [0.2, 0.25) is 5.91 Å². The van der Waals surface area contributed by atoms with Crippen molar-refractivity contribution in [2.24, 2.45) is 0 Å². The Bertz CT molecular complexity index is 937. The van der Waals surface area contributed by atoms with Crippen molar-refractivity contribution in [3.05, 3.63) is 72.2 Å². The molecule has 1 aliphatic rings. The van der Waals surface area contributed by atoms with Crippen molar-refractivity contribution in [3.8, 4) is 5.82 Å². The lowest BCUT2D eigenvalue weighted by molar-refractivity contribution is -0.131. The molecule has 28 heavy (non-hydrogen) atoms. The minimum absolute atomic E-state index is 0.183.